The van der Waals surface area contributed by atoms with Gasteiger partial charge >= 0.3 is 7.12 Å². The molecule has 21 heavy (non-hydrogen) atoms. The van der Waals surface area contributed by atoms with Crippen LogP contribution in [-0.2, 0) is 9.31 Å². The van der Waals surface area contributed by atoms with Crippen molar-refractivity contribution in [3.8, 4) is 5.75 Å². The molecule has 116 valence electrons. The largest absolute Gasteiger partial charge is 0.494 e. The third kappa shape index (κ3) is 3.58. The molecule has 0 saturated carbocycles. The van der Waals surface area contributed by atoms with Crippen molar-refractivity contribution in [1.82, 2.24) is 0 Å². The van der Waals surface area contributed by atoms with Crippen LogP contribution in [0.4, 0.5) is 0 Å². The van der Waals surface area contributed by atoms with E-state index in [1.165, 1.54) is 0 Å². The molecule has 0 spiro atoms. The van der Waals surface area contributed by atoms with Crippen LogP contribution in [0.5, 0.6) is 5.75 Å². The predicted molar refractivity (Wildman–Crippen MR) is 80.7 cm³/mol. The summed E-state index contributed by atoms with van der Waals surface area (Å²) in [5, 5.41) is 18.0. The van der Waals surface area contributed by atoms with Crippen molar-refractivity contribution < 1.29 is 24.3 Å². The molecule has 1 saturated heterocycles. The monoisotopic (exact) mass is 294 g/mol. The smallest absolute Gasteiger partial charge is 0.491 e. The van der Waals surface area contributed by atoms with Gasteiger partial charge in [0.15, 0.2) is 0 Å². The van der Waals surface area contributed by atoms with Crippen molar-refractivity contribution in [3.63, 3.8) is 0 Å². The van der Waals surface area contributed by atoms with E-state index in [0.717, 1.165) is 5.46 Å². The van der Waals surface area contributed by atoms with E-state index >= 15 is 0 Å². The fourth-order valence-electron chi connectivity index (χ4n) is 1.95. The number of aliphatic hydroxyl groups excluding tert-OH is 2. The number of hydrogen-bond donors (Lipinski definition) is 2. The van der Waals surface area contributed by atoms with Crippen LogP contribution in [0.25, 0.3) is 0 Å². The van der Waals surface area contributed by atoms with Gasteiger partial charge < -0.3 is 24.3 Å². The predicted octanol–water partition coefficient (Wildman–Crippen LogP) is 0.718. The highest BCUT2D eigenvalue weighted by Gasteiger charge is 2.51. The average molecular weight is 294 g/mol. The second-order valence-corrected chi connectivity index (χ2v) is 6.30. The zero-order chi connectivity index (χ0) is 15.7. The molecular formula is C15H23BO5. The van der Waals surface area contributed by atoms with E-state index < -0.39 is 13.2 Å². The van der Waals surface area contributed by atoms with Crippen molar-refractivity contribution in [3.05, 3.63) is 24.3 Å². The average Bonchev–Trinajstić information content (AvgIpc) is 2.65. The first-order valence-corrected chi connectivity index (χ1v) is 7.12. The van der Waals surface area contributed by atoms with Crippen LogP contribution in [0.1, 0.15) is 27.7 Å². The minimum absolute atomic E-state index is 0.0618. The molecule has 5 nitrogen and oxygen atoms in total. The first kappa shape index (κ1) is 16.3. The Labute approximate surface area is 126 Å². The van der Waals surface area contributed by atoms with Crippen LogP contribution in [0.2, 0.25) is 0 Å². The van der Waals surface area contributed by atoms with Gasteiger partial charge in [-0.3, -0.25) is 0 Å². The molecule has 0 amide bonds. The summed E-state index contributed by atoms with van der Waals surface area (Å²) < 4.78 is 17.3. The molecule has 1 heterocycles. The lowest BCUT2D eigenvalue weighted by Gasteiger charge is -2.32. The maximum Gasteiger partial charge on any atom is 0.494 e. The Balaban J connectivity index is 2.00. The maximum atomic E-state index is 9.25. The van der Waals surface area contributed by atoms with Gasteiger partial charge in [-0.05, 0) is 45.3 Å². The summed E-state index contributed by atoms with van der Waals surface area (Å²) >= 11 is 0. The zero-order valence-corrected chi connectivity index (χ0v) is 13.0. The Bertz CT molecular complexity index is 455. The molecule has 0 radical (unpaired) electrons. The molecule has 0 aromatic heterocycles. The van der Waals surface area contributed by atoms with Crippen LogP contribution >= 0.6 is 0 Å². The maximum absolute atomic E-state index is 9.25. The van der Waals surface area contributed by atoms with Gasteiger partial charge in [0.25, 0.3) is 0 Å². The van der Waals surface area contributed by atoms with Crippen molar-refractivity contribution in [2.75, 3.05) is 13.2 Å². The molecule has 2 N–H and O–H groups in total. The molecule has 1 aromatic rings. The summed E-state index contributed by atoms with van der Waals surface area (Å²) in [5.41, 5.74) is 0.194. The normalized spacial score (nSPS) is 21.3. The van der Waals surface area contributed by atoms with Gasteiger partial charge in [-0.25, -0.2) is 0 Å². The Morgan fingerprint density at radius 1 is 1.10 bits per heavy atom. The number of benzene rings is 1. The molecule has 1 aliphatic rings. The van der Waals surface area contributed by atoms with Gasteiger partial charge in [0.05, 0.1) is 17.8 Å². The lowest BCUT2D eigenvalue weighted by Crippen LogP contribution is -2.41. The van der Waals surface area contributed by atoms with Crippen molar-refractivity contribution in [1.29, 1.82) is 0 Å². The van der Waals surface area contributed by atoms with Crippen LogP contribution in [0, 0.1) is 0 Å². The molecule has 1 aromatic carbocycles. The summed E-state index contributed by atoms with van der Waals surface area (Å²) in [6, 6.07) is 7.35. The molecule has 0 aliphatic carbocycles. The Kier molecular flexibility index (Phi) is 4.63. The third-order valence-corrected chi connectivity index (χ3v) is 4.06. The van der Waals surface area contributed by atoms with Crippen LogP contribution < -0.4 is 10.2 Å². The highest BCUT2D eigenvalue weighted by molar-refractivity contribution is 6.62. The van der Waals surface area contributed by atoms with E-state index in [-0.39, 0.29) is 24.4 Å². The first-order valence-electron chi connectivity index (χ1n) is 7.12. The lowest BCUT2D eigenvalue weighted by atomic mass is 9.79. The highest BCUT2D eigenvalue weighted by atomic mass is 16.7. The minimum Gasteiger partial charge on any atom is -0.491 e. The van der Waals surface area contributed by atoms with E-state index in [9.17, 15) is 5.11 Å². The SMILES string of the molecule is CC1(C)OB(c2ccc(OCC(O)CO)cc2)OC1(C)C. The number of aliphatic hydroxyl groups is 2. The second kappa shape index (κ2) is 5.97. The molecule has 1 fully saturated rings. The lowest BCUT2D eigenvalue weighted by molar-refractivity contribution is 0.00578. The molecule has 0 bridgehead atoms. The Morgan fingerprint density at radius 2 is 1.62 bits per heavy atom. The van der Waals surface area contributed by atoms with Gasteiger partial charge in [0.2, 0.25) is 0 Å². The summed E-state index contributed by atoms with van der Waals surface area (Å²) in [6.07, 6.45) is -0.868. The fraction of sp³-hybridized carbons (Fsp3) is 0.600. The molecule has 6 heteroatoms. The summed E-state index contributed by atoms with van der Waals surface area (Å²) in [7, 11) is -0.396. The van der Waals surface area contributed by atoms with Gasteiger partial charge in [-0.15, -0.1) is 0 Å². The Morgan fingerprint density at radius 3 is 2.10 bits per heavy atom. The zero-order valence-electron chi connectivity index (χ0n) is 13.0. The van der Waals surface area contributed by atoms with Crippen molar-refractivity contribution in [2.24, 2.45) is 0 Å². The van der Waals surface area contributed by atoms with E-state index in [2.05, 4.69) is 0 Å². The van der Waals surface area contributed by atoms with E-state index in [1.807, 2.05) is 39.8 Å². The van der Waals surface area contributed by atoms with Crippen LogP contribution in [-0.4, -0.2) is 47.9 Å². The molecule has 1 atom stereocenters. The molecule has 1 unspecified atom stereocenters. The van der Waals surface area contributed by atoms with E-state index in [0.29, 0.717) is 5.75 Å². The number of hydrogen-bond acceptors (Lipinski definition) is 5. The van der Waals surface area contributed by atoms with Crippen molar-refractivity contribution in [2.45, 2.75) is 45.0 Å². The first-order chi connectivity index (χ1) is 9.75. The Hall–Kier alpha value is -1.08. The topological polar surface area (TPSA) is 68.2 Å². The van der Waals surface area contributed by atoms with E-state index in [4.69, 9.17) is 19.2 Å². The molecule has 2 rings (SSSR count). The summed E-state index contributed by atoms with van der Waals surface area (Å²) in [6.45, 7) is 7.81. The van der Waals surface area contributed by atoms with Crippen LogP contribution in [0.15, 0.2) is 24.3 Å². The standard InChI is InChI=1S/C15H23BO5/c1-14(2)15(3,4)21-16(20-14)11-5-7-13(8-6-11)19-10-12(18)9-17/h5-8,12,17-18H,9-10H2,1-4H3. The van der Waals surface area contributed by atoms with Crippen LogP contribution in [0.3, 0.4) is 0 Å². The molecule has 1 aliphatic heterocycles. The van der Waals surface area contributed by atoms with Gasteiger partial charge in [-0.2, -0.15) is 0 Å². The van der Waals surface area contributed by atoms with Gasteiger partial charge in [0.1, 0.15) is 18.5 Å². The second-order valence-electron chi connectivity index (χ2n) is 6.30. The number of rotatable bonds is 5. The van der Waals surface area contributed by atoms with Crippen molar-refractivity contribution >= 4 is 12.6 Å². The summed E-state index contributed by atoms with van der Waals surface area (Å²) in [4.78, 5) is 0. The van der Waals surface area contributed by atoms with Gasteiger partial charge in [-0.1, -0.05) is 12.1 Å². The van der Waals surface area contributed by atoms with Gasteiger partial charge in [0, 0.05) is 0 Å². The van der Waals surface area contributed by atoms with E-state index in [1.54, 1.807) is 12.1 Å². The minimum atomic E-state index is -0.868. The highest BCUT2D eigenvalue weighted by Crippen LogP contribution is 2.36. The summed E-state index contributed by atoms with van der Waals surface area (Å²) in [5.74, 6) is 0.628. The fourth-order valence-corrected chi connectivity index (χ4v) is 1.95. The number of ether oxygens (including phenoxy) is 1. The quantitative estimate of drug-likeness (QED) is 0.783. The molecular weight excluding hydrogens is 271 g/mol. The third-order valence-electron chi connectivity index (χ3n) is 4.06.